The first-order valence-electron chi connectivity index (χ1n) is 6.82. The normalized spacial score (nSPS) is 28.1. The minimum Gasteiger partial charge on any atom is -0.427 e. The number of carbonyl (C=O) groups excluding carboxylic acids is 1. The van der Waals surface area contributed by atoms with Crippen LogP contribution in [-0.4, -0.2) is 11.8 Å². The Balaban J connectivity index is 1.60. The maximum Gasteiger partial charge on any atom is 0.514 e. The summed E-state index contributed by atoms with van der Waals surface area (Å²) in [4.78, 5) is 11.8. The van der Waals surface area contributed by atoms with Gasteiger partial charge in [-0.1, -0.05) is 24.8 Å². The van der Waals surface area contributed by atoms with Crippen molar-refractivity contribution >= 4 is 12.2 Å². The molecule has 100 valence electrons. The van der Waals surface area contributed by atoms with E-state index in [9.17, 15) is 4.79 Å². The minimum atomic E-state index is -0.575. The highest BCUT2D eigenvalue weighted by molar-refractivity contribution is 5.65. The van der Waals surface area contributed by atoms with Gasteiger partial charge in [0.05, 0.1) is 0 Å². The predicted molar refractivity (Wildman–Crippen MR) is 72.9 cm³/mol. The van der Waals surface area contributed by atoms with Crippen molar-refractivity contribution in [2.45, 2.75) is 37.7 Å². The smallest absolute Gasteiger partial charge is 0.427 e. The summed E-state index contributed by atoms with van der Waals surface area (Å²) >= 11 is 0. The summed E-state index contributed by atoms with van der Waals surface area (Å²) in [6, 6.07) is 7.22. The van der Waals surface area contributed by atoms with E-state index in [4.69, 9.17) is 9.47 Å². The first-order valence-corrected chi connectivity index (χ1v) is 6.82. The standard InChI is InChI=1S/C16H18O3/c1-2-12-3-5-14(6-4-12)18-15(17)19-16-9-7-13(11-16)8-10-16/h2-6,13H,1,7-11H2. The summed E-state index contributed by atoms with van der Waals surface area (Å²) in [7, 11) is 0. The van der Waals surface area contributed by atoms with Gasteiger partial charge in [-0.2, -0.15) is 0 Å². The van der Waals surface area contributed by atoms with E-state index in [2.05, 4.69) is 6.58 Å². The number of hydrogen-bond acceptors (Lipinski definition) is 3. The van der Waals surface area contributed by atoms with E-state index in [0.29, 0.717) is 5.75 Å². The Bertz CT molecular complexity index is 481. The molecule has 3 heteroatoms. The zero-order valence-electron chi connectivity index (χ0n) is 10.9. The molecule has 3 rings (SSSR count). The van der Waals surface area contributed by atoms with Crippen LogP contribution in [0.5, 0.6) is 5.75 Å². The van der Waals surface area contributed by atoms with Gasteiger partial charge in [0.2, 0.25) is 0 Å². The molecule has 2 aliphatic carbocycles. The number of benzene rings is 1. The average molecular weight is 258 g/mol. The van der Waals surface area contributed by atoms with Crippen LogP contribution < -0.4 is 4.74 Å². The molecule has 2 aliphatic rings. The van der Waals surface area contributed by atoms with Crippen molar-refractivity contribution < 1.29 is 14.3 Å². The lowest BCUT2D eigenvalue weighted by atomic mass is 9.97. The molecular formula is C16H18O3. The van der Waals surface area contributed by atoms with Gasteiger partial charge in [0.25, 0.3) is 0 Å². The first-order chi connectivity index (χ1) is 9.19. The van der Waals surface area contributed by atoms with E-state index >= 15 is 0 Å². The Kier molecular flexibility index (Phi) is 3.05. The fourth-order valence-corrected chi connectivity index (χ4v) is 3.25. The zero-order chi connectivity index (χ0) is 13.3. The number of carbonyl (C=O) groups is 1. The van der Waals surface area contributed by atoms with Crippen LogP contribution in [0.3, 0.4) is 0 Å². The van der Waals surface area contributed by atoms with Crippen LogP contribution in [0.4, 0.5) is 4.79 Å². The molecule has 0 N–H and O–H groups in total. The summed E-state index contributed by atoms with van der Waals surface area (Å²) in [5, 5.41) is 0. The first kappa shape index (κ1) is 12.3. The van der Waals surface area contributed by atoms with E-state index in [-0.39, 0.29) is 5.60 Å². The molecule has 2 bridgehead atoms. The quantitative estimate of drug-likeness (QED) is 0.602. The van der Waals surface area contributed by atoms with E-state index in [1.54, 1.807) is 18.2 Å². The lowest BCUT2D eigenvalue weighted by molar-refractivity contribution is -0.00732. The van der Waals surface area contributed by atoms with Crippen molar-refractivity contribution in [1.82, 2.24) is 0 Å². The van der Waals surface area contributed by atoms with Crippen molar-refractivity contribution in [2.24, 2.45) is 5.92 Å². The molecule has 0 amide bonds. The minimum absolute atomic E-state index is 0.233. The highest BCUT2D eigenvalue weighted by atomic mass is 16.7. The van der Waals surface area contributed by atoms with Crippen LogP contribution in [0.15, 0.2) is 30.8 Å². The summed E-state index contributed by atoms with van der Waals surface area (Å²) < 4.78 is 10.8. The van der Waals surface area contributed by atoms with Gasteiger partial charge in [0, 0.05) is 0 Å². The Morgan fingerprint density at radius 2 is 1.95 bits per heavy atom. The number of hydrogen-bond donors (Lipinski definition) is 0. The van der Waals surface area contributed by atoms with E-state index in [1.807, 2.05) is 12.1 Å². The van der Waals surface area contributed by atoms with Gasteiger partial charge < -0.3 is 9.47 Å². The molecule has 0 heterocycles. The number of ether oxygens (including phenoxy) is 2. The zero-order valence-corrected chi connectivity index (χ0v) is 10.9. The van der Waals surface area contributed by atoms with Gasteiger partial charge in [-0.3, -0.25) is 0 Å². The molecule has 19 heavy (non-hydrogen) atoms. The lowest BCUT2D eigenvalue weighted by Gasteiger charge is -2.25. The third-order valence-corrected chi connectivity index (χ3v) is 4.29. The van der Waals surface area contributed by atoms with E-state index in [1.165, 1.54) is 12.8 Å². The molecular weight excluding hydrogens is 240 g/mol. The number of fused-ring (bicyclic) bond motifs is 2. The van der Waals surface area contributed by atoms with Crippen LogP contribution in [0.2, 0.25) is 0 Å². The second-order valence-corrected chi connectivity index (χ2v) is 5.56. The third kappa shape index (κ3) is 2.50. The Labute approximate surface area is 113 Å². The molecule has 0 aliphatic heterocycles. The van der Waals surface area contributed by atoms with Crippen molar-refractivity contribution in [3.63, 3.8) is 0 Å². The van der Waals surface area contributed by atoms with Crippen molar-refractivity contribution in [2.75, 3.05) is 0 Å². The second-order valence-electron chi connectivity index (χ2n) is 5.56. The van der Waals surface area contributed by atoms with E-state index < -0.39 is 6.16 Å². The fourth-order valence-electron chi connectivity index (χ4n) is 3.25. The SMILES string of the molecule is C=Cc1ccc(OC(=O)OC23CCC(CC2)C3)cc1. The van der Waals surface area contributed by atoms with Crippen molar-refractivity contribution in [3.05, 3.63) is 36.4 Å². The summed E-state index contributed by atoms with van der Waals surface area (Å²) in [6.07, 6.45) is 6.52. The molecule has 0 radical (unpaired) electrons. The molecule has 0 atom stereocenters. The molecule has 0 saturated heterocycles. The highest BCUT2D eigenvalue weighted by Crippen LogP contribution is 2.50. The molecule has 2 saturated carbocycles. The molecule has 0 aromatic heterocycles. The fraction of sp³-hybridized carbons (Fsp3) is 0.438. The van der Waals surface area contributed by atoms with Gasteiger partial charge >= 0.3 is 6.16 Å². The van der Waals surface area contributed by atoms with Crippen LogP contribution >= 0.6 is 0 Å². The second kappa shape index (κ2) is 4.72. The largest absolute Gasteiger partial charge is 0.514 e. The molecule has 3 nitrogen and oxygen atoms in total. The average Bonchev–Trinajstić information content (AvgIpc) is 2.99. The third-order valence-electron chi connectivity index (χ3n) is 4.29. The Morgan fingerprint density at radius 3 is 2.47 bits per heavy atom. The van der Waals surface area contributed by atoms with Crippen molar-refractivity contribution in [1.29, 1.82) is 0 Å². The van der Waals surface area contributed by atoms with Gasteiger partial charge in [-0.25, -0.2) is 4.79 Å². The summed E-state index contributed by atoms with van der Waals surface area (Å²) in [5.74, 6) is 1.26. The maximum absolute atomic E-state index is 11.8. The van der Waals surface area contributed by atoms with Gasteiger partial charge in [-0.15, -0.1) is 0 Å². The van der Waals surface area contributed by atoms with E-state index in [0.717, 1.165) is 30.7 Å². The number of rotatable bonds is 3. The van der Waals surface area contributed by atoms with Gasteiger partial charge in [-0.05, 0) is 55.7 Å². The highest BCUT2D eigenvalue weighted by Gasteiger charge is 2.48. The summed E-state index contributed by atoms with van der Waals surface area (Å²) in [6.45, 7) is 3.68. The molecule has 1 aromatic rings. The van der Waals surface area contributed by atoms with Crippen LogP contribution in [0.1, 0.15) is 37.7 Å². The lowest BCUT2D eigenvalue weighted by Crippen LogP contribution is -2.31. The summed E-state index contributed by atoms with van der Waals surface area (Å²) in [5.41, 5.74) is 0.761. The Morgan fingerprint density at radius 1 is 1.26 bits per heavy atom. The van der Waals surface area contributed by atoms with Crippen LogP contribution in [-0.2, 0) is 4.74 Å². The molecule has 0 spiro atoms. The topological polar surface area (TPSA) is 35.5 Å². The van der Waals surface area contributed by atoms with Gasteiger partial charge in [0.1, 0.15) is 11.4 Å². The monoisotopic (exact) mass is 258 g/mol. The van der Waals surface area contributed by atoms with Crippen LogP contribution in [0.25, 0.3) is 6.08 Å². The molecule has 2 fully saturated rings. The molecule has 0 unspecified atom stereocenters. The predicted octanol–water partition coefficient (Wildman–Crippen LogP) is 4.18. The van der Waals surface area contributed by atoms with Gasteiger partial charge in [0.15, 0.2) is 0 Å². The maximum atomic E-state index is 11.8. The molecule has 1 aromatic carbocycles. The Hall–Kier alpha value is -1.77. The van der Waals surface area contributed by atoms with Crippen LogP contribution in [0, 0.1) is 5.92 Å². The van der Waals surface area contributed by atoms with Crippen molar-refractivity contribution in [3.8, 4) is 5.75 Å².